The SMILES string of the molecule is CCOC(CN1C[C@@H]2OCCN(C)[C@H]2C1)OCC. The Morgan fingerprint density at radius 2 is 1.94 bits per heavy atom. The van der Waals surface area contributed by atoms with Crippen molar-refractivity contribution in [2.75, 3.05) is 53.0 Å². The van der Waals surface area contributed by atoms with Crippen molar-refractivity contribution < 1.29 is 14.2 Å². The van der Waals surface area contributed by atoms with Gasteiger partial charge in [-0.15, -0.1) is 0 Å². The Bertz CT molecular complexity index is 246. The lowest BCUT2D eigenvalue weighted by molar-refractivity contribution is -0.146. The zero-order valence-corrected chi connectivity index (χ0v) is 11.8. The van der Waals surface area contributed by atoms with Gasteiger partial charge in [-0.25, -0.2) is 0 Å². The molecule has 0 N–H and O–H groups in total. The molecule has 0 aliphatic carbocycles. The minimum atomic E-state index is -0.106. The molecule has 5 heteroatoms. The fourth-order valence-electron chi connectivity index (χ4n) is 2.82. The van der Waals surface area contributed by atoms with E-state index in [4.69, 9.17) is 14.2 Å². The normalized spacial score (nSPS) is 30.0. The summed E-state index contributed by atoms with van der Waals surface area (Å²) in [5.41, 5.74) is 0. The lowest BCUT2D eigenvalue weighted by Gasteiger charge is -2.33. The van der Waals surface area contributed by atoms with E-state index in [-0.39, 0.29) is 6.29 Å². The smallest absolute Gasteiger partial charge is 0.170 e. The number of hydrogen-bond acceptors (Lipinski definition) is 5. The molecule has 2 fully saturated rings. The number of fused-ring (bicyclic) bond motifs is 1. The van der Waals surface area contributed by atoms with Gasteiger partial charge < -0.3 is 14.2 Å². The van der Waals surface area contributed by atoms with E-state index in [1.807, 2.05) is 13.8 Å². The van der Waals surface area contributed by atoms with Gasteiger partial charge >= 0.3 is 0 Å². The standard InChI is InChI=1S/C13H26N2O3/c1-4-16-13(17-5-2)10-15-8-11-12(9-15)18-7-6-14(11)3/h11-13H,4-10H2,1-3H3/t11-,12-/m0/s1. The van der Waals surface area contributed by atoms with Gasteiger partial charge in [0.15, 0.2) is 6.29 Å². The number of morpholine rings is 1. The highest BCUT2D eigenvalue weighted by Crippen LogP contribution is 2.22. The Morgan fingerprint density at radius 1 is 1.22 bits per heavy atom. The van der Waals surface area contributed by atoms with Crippen molar-refractivity contribution in [3.8, 4) is 0 Å². The van der Waals surface area contributed by atoms with Crippen molar-refractivity contribution in [1.29, 1.82) is 0 Å². The first-order valence-electron chi connectivity index (χ1n) is 7.02. The molecule has 2 aliphatic rings. The number of nitrogens with zero attached hydrogens (tertiary/aromatic N) is 2. The fraction of sp³-hybridized carbons (Fsp3) is 1.00. The number of hydrogen-bond donors (Lipinski definition) is 0. The second kappa shape index (κ2) is 6.82. The van der Waals surface area contributed by atoms with Gasteiger partial charge in [-0.2, -0.15) is 0 Å². The highest BCUT2D eigenvalue weighted by Gasteiger charge is 2.39. The lowest BCUT2D eigenvalue weighted by atomic mass is 10.1. The van der Waals surface area contributed by atoms with Gasteiger partial charge in [-0.05, 0) is 20.9 Å². The van der Waals surface area contributed by atoms with Gasteiger partial charge in [0.2, 0.25) is 0 Å². The summed E-state index contributed by atoms with van der Waals surface area (Å²) in [5, 5.41) is 0. The lowest BCUT2D eigenvalue weighted by Crippen LogP contribution is -2.48. The minimum Gasteiger partial charge on any atom is -0.374 e. The molecule has 5 nitrogen and oxygen atoms in total. The third kappa shape index (κ3) is 3.42. The van der Waals surface area contributed by atoms with Crippen LogP contribution in [0.5, 0.6) is 0 Å². The monoisotopic (exact) mass is 258 g/mol. The molecule has 0 radical (unpaired) electrons. The fourth-order valence-corrected chi connectivity index (χ4v) is 2.82. The minimum absolute atomic E-state index is 0.106. The molecule has 0 spiro atoms. The number of ether oxygens (including phenoxy) is 3. The van der Waals surface area contributed by atoms with Crippen LogP contribution in [0.4, 0.5) is 0 Å². The first kappa shape index (κ1) is 14.2. The van der Waals surface area contributed by atoms with Crippen molar-refractivity contribution in [2.45, 2.75) is 32.3 Å². The van der Waals surface area contributed by atoms with Crippen LogP contribution >= 0.6 is 0 Å². The van der Waals surface area contributed by atoms with Crippen LogP contribution in [-0.4, -0.2) is 81.3 Å². The summed E-state index contributed by atoms with van der Waals surface area (Å²) in [4.78, 5) is 4.80. The van der Waals surface area contributed by atoms with Crippen molar-refractivity contribution in [1.82, 2.24) is 9.80 Å². The van der Waals surface area contributed by atoms with Crippen molar-refractivity contribution in [2.24, 2.45) is 0 Å². The molecule has 2 aliphatic heterocycles. The van der Waals surface area contributed by atoms with Crippen molar-refractivity contribution in [3.63, 3.8) is 0 Å². The van der Waals surface area contributed by atoms with Crippen LogP contribution < -0.4 is 0 Å². The largest absolute Gasteiger partial charge is 0.374 e. The average Bonchev–Trinajstić information content (AvgIpc) is 2.74. The Balaban J connectivity index is 1.83. The molecule has 2 atom stereocenters. The summed E-state index contributed by atoms with van der Waals surface area (Å²) < 4.78 is 17.1. The Hall–Kier alpha value is -0.200. The van der Waals surface area contributed by atoms with Gasteiger partial charge in [0.25, 0.3) is 0 Å². The van der Waals surface area contributed by atoms with Crippen LogP contribution in [0.1, 0.15) is 13.8 Å². The summed E-state index contributed by atoms with van der Waals surface area (Å²) in [5.74, 6) is 0. The van der Waals surface area contributed by atoms with Gasteiger partial charge in [-0.1, -0.05) is 0 Å². The molecule has 0 bridgehead atoms. The maximum atomic E-state index is 5.84. The first-order chi connectivity index (χ1) is 8.74. The van der Waals surface area contributed by atoms with Crippen LogP contribution in [-0.2, 0) is 14.2 Å². The summed E-state index contributed by atoms with van der Waals surface area (Å²) in [6, 6.07) is 0.530. The summed E-state index contributed by atoms with van der Waals surface area (Å²) in [7, 11) is 2.19. The summed E-state index contributed by atoms with van der Waals surface area (Å²) >= 11 is 0. The van der Waals surface area contributed by atoms with E-state index in [0.717, 1.165) is 32.8 Å². The highest BCUT2D eigenvalue weighted by atomic mass is 16.7. The average molecular weight is 258 g/mol. The number of rotatable bonds is 6. The predicted molar refractivity (Wildman–Crippen MR) is 69.6 cm³/mol. The van der Waals surface area contributed by atoms with Gasteiger partial charge in [0.1, 0.15) is 0 Å². The van der Waals surface area contributed by atoms with Crippen LogP contribution in [0, 0.1) is 0 Å². The topological polar surface area (TPSA) is 34.2 Å². The highest BCUT2D eigenvalue weighted by molar-refractivity contribution is 4.93. The summed E-state index contributed by atoms with van der Waals surface area (Å²) in [6.07, 6.45) is 0.248. The molecule has 0 saturated carbocycles. The molecule has 0 aromatic heterocycles. The van der Waals surface area contributed by atoms with E-state index in [9.17, 15) is 0 Å². The van der Waals surface area contributed by atoms with E-state index in [1.54, 1.807) is 0 Å². The molecule has 0 amide bonds. The van der Waals surface area contributed by atoms with Gasteiger partial charge in [0.05, 0.1) is 12.7 Å². The van der Waals surface area contributed by atoms with Crippen LogP contribution in [0.2, 0.25) is 0 Å². The molecule has 2 saturated heterocycles. The molecule has 2 rings (SSSR count). The zero-order valence-electron chi connectivity index (χ0n) is 11.8. The summed E-state index contributed by atoms with van der Waals surface area (Å²) in [6.45, 7) is 10.2. The van der Waals surface area contributed by atoms with Gasteiger partial charge in [-0.3, -0.25) is 9.80 Å². The maximum absolute atomic E-state index is 5.84. The molecular weight excluding hydrogens is 232 g/mol. The molecular formula is C13H26N2O3. The second-order valence-corrected chi connectivity index (χ2v) is 5.02. The molecule has 0 unspecified atom stereocenters. The molecule has 18 heavy (non-hydrogen) atoms. The molecule has 0 aromatic rings. The Kier molecular flexibility index (Phi) is 5.38. The van der Waals surface area contributed by atoms with Crippen LogP contribution in [0.15, 0.2) is 0 Å². The maximum Gasteiger partial charge on any atom is 0.170 e. The molecule has 2 heterocycles. The van der Waals surface area contributed by atoms with E-state index in [0.29, 0.717) is 25.4 Å². The van der Waals surface area contributed by atoms with E-state index in [2.05, 4.69) is 16.8 Å². The third-order valence-electron chi connectivity index (χ3n) is 3.77. The van der Waals surface area contributed by atoms with E-state index < -0.39 is 0 Å². The number of likely N-dealkylation sites (tertiary alicyclic amines) is 1. The number of likely N-dealkylation sites (N-methyl/N-ethyl adjacent to an activating group) is 1. The molecule has 106 valence electrons. The zero-order chi connectivity index (χ0) is 13.0. The Labute approximate surface area is 110 Å². The molecule has 0 aromatic carbocycles. The first-order valence-corrected chi connectivity index (χ1v) is 7.02. The van der Waals surface area contributed by atoms with Crippen molar-refractivity contribution >= 4 is 0 Å². The van der Waals surface area contributed by atoms with Crippen LogP contribution in [0.25, 0.3) is 0 Å². The second-order valence-electron chi connectivity index (χ2n) is 5.02. The predicted octanol–water partition coefficient (Wildman–Crippen LogP) is 0.400. The van der Waals surface area contributed by atoms with Crippen molar-refractivity contribution in [3.05, 3.63) is 0 Å². The third-order valence-corrected chi connectivity index (χ3v) is 3.77. The quantitative estimate of drug-likeness (QED) is 0.644. The van der Waals surface area contributed by atoms with E-state index >= 15 is 0 Å². The van der Waals surface area contributed by atoms with E-state index in [1.165, 1.54) is 0 Å². The van der Waals surface area contributed by atoms with Gasteiger partial charge in [0, 0.05) is 45.4 Å². The Morgan fingerprint density at radius 3 is 2.56 bits per heavy atom. The van der Waals surface area contributed by atoms with Crippen LogP contribution in [0.3, 0.4) is 0 Å².